The van der Waals surface area contributed by atoms with E-state index < -0.39 is 0 Å². The molecule has 0 saturated heterocycles. The molecule has 17 heavy (non-hydrogen) atoms. The van der Waals surface area contributed by atoms with Gasteiger partial charge in [0.05, 0.1) is 12.1 Å². The van der Waals surface area contributed by atoms with Crippen LogP contribution in [0.15, 0.2) is 24.3 Å². The van der Waals surface area contributed by atoms with E-state index in [0.717, 1.165) is 11.3 Å². The Bertz CT molecular complexity index is 443. The van der Waals surface area contributed by atoms with Gasteiger partial charge in [-0.25, -0.2) is 0 Å². The molecule has 2 atom stereocenters. The van der Waals surface area contributed by atoms with E-state index in [1.807, 2.05) is 38.1 Å². The van der Waals surface area contributed by atoms with Gasteiger partial charge in [0.1, 0.15) is 11.4 Å². The van der Waals surface area contributed by atoms with Crippen molar-refractivity contribution in [1.82, 2.24) is 5.32 Å². The maximum Gasteiger partial charge on any atom is 0.234 e. The monoisotopic (exact) mass is 234 g/mol. The molecule has 2 rings (SSSR count). The third kappa shape index (κ3) is 2.13. The lowest BCUT2D eigenvalue weighted by Gasteiger charge is -2.29. The Kier molecular flexibility index (Phi) is 2.83. The molecule has 0 aromatic heterocycles. The maximum absolute atomic E-state index is 11.1. The minimum absolute atomic E-state index is 0.0267. The molecule has 4 nitrogen and oxygen atoms in total. The number of para-hydroxylation sites is 1. The summed E-state index contributed by atoms with van der Waals surface area (Å²) in [6.07, 6.45) is 0. The van der Waals surface area contributed by atoms with Crippen molar-refractivity contribution in [1.29, 1.82) is 0 Å². The predicted octanol–water partition coefficient (Wildman–Crippen LogP) is 1.36. The summed E-state index contributed by atoms with van der Waals surface area (Å²) >= 11 is 0. The Morgan fingerprint density at radius 1 is 1.47 bits per heavy atom. The van der Waals surface area contributed by atoms with Crippen molar-refractivity contribution in [3.63, 3.8) is 0 Å². The van der Waals surface area contributed by atoms with Crippen LogP contribution in [0.1, 0.15) is 32.4 Å². The molecule has 1 amide bonds. The van der Waals surface area contributed by atoms with Crippen molar-refractivity contribution in [2.75, 3.05) is 0 Å². The summed E-state index contributed by atoms with van der Waals surface area (Å²) in [5.41, 5.74) is 5.97. The second-order valence-electron chi connectivity index (χ2n) is 4.97. The molecular formula is C13H18N2O2. The average Bonchev–Trinajstić information content (AvgIpc) is 2.50. The van der Waals surface area contributed by atoms with Crippen molar-refractivity contribution >= 4 is 5.91 Å². The summed E-state index contributed by atoms with van der Waals surface area (Å²) < 4.78 is 5.87. The fourth-order valence-corrected chi connectivity index (χ4v) is 2.15. The molecule has 0 bridgehead atoms. The van der Waals surface area contributed by atoms with E-state index in [9.17, 15) is 4.79 Å². The lowest BCUT2D eigenvalue weighted by molar-refractivity contribution is -0.120. The second-order valence-corrected chi connectivity index (χ2v) is 4.97. The van der Waals surface area contributed by atoms with Gasteiger partial charge in [-0.1, -0.05) is 18.2 Å². The van der Waals surface area contributed by atoms with Crippen LogP contribution >= 0.6 is 0 Å². The third-order valence-electron chi connectivity index (χ3n) is 3.14. The van der Waals surface area contributed by atoms with Gasteiger partial charge in [0.15, 0.2) is 0 Å². The van der Waals surface area contributed by atoms with E-state index >= 15 is 0 Å². The number of benzene rings is 1. The van der Waals surface area contributed by atoms with Crippen LogP contribution < -0.4 is 15.8 Å². The van der Waals surface area contributed by atoms with Gasteiger partial charge in [0.2, 0.25) is 5.91 Å². The summed E-state index contributed by atoms with van der Waals surface area (Å²) in [4.78, 5) is 11.1. The number of fused-ring (bicyclic) bond motifs is 1. The van der Waals surface area contributed by atoms with E-state index in [0.29, 0.717) is 0 Å². The molecule has 1 aliphatic heterocycles. The van der Waals surface area contributed by atoms with Gasteiger partial charge in [-0.2, -0.15) is 0 Å². The number of ether oxygens (including phenoxy) is 1. The highest BCUT2D eigenvalue weighted by Crippen LogP contribution is 2.42. The first-order chi connectivity index (χ1) is 7.92. The van der Waals surface area contributed by atoms with Crippen molar-refractivity contribution in [2.45, 2.75) is 38.5 Å². The number of hydrogen-bond donors (Lipinski definition) is 2. The number of hydrogen-bond acceptors (Lipinski definition) is 3. The standard InChI is InChI=1S/C13H18N2O2/c1-8(12(14)16)15-11-9-6-4-5-7-10(9)17-13(11,2)3/h4-8,11,15H,1-3H3,(H2,14,16). The van der Waals surface area contributed by atoms with E-state index in [2.05, 4.69) is 5.32 Å². The zero-order chi connectivity index (χ0) is 12.6. The van der Waals surface area contributed by atoms with Gasteiger partial charge in [-0.05, 0) is 26.8 Å². The molecule has 0 fully saturated rings. The highest BCUT2D eigenvalue weighted by molar-refractivity contribution is 5.79. The van der Waals surface area contributed by atoms with Gasteiger partial charge in [0, 0.05) is 5.56 Å². The van der Waals surface area contributed by atoms with Crippen molar-refractivity contribution in [2.24, 2.45) is 5.73 Å². The zero-order valence-corrected chi connectivity index (χ0v) is 10.4. The number of primary amides is 1. The number of carbonyl (C=O) groups excluding carboxylic acids is 1. The van der Waals surface area contributed by atoms with Crippen molar-refractivity contribution < 1.29 is 9.53 Å². The second kappa shape index (κ2) is 4.04. The molecule has 1 heterocycles. The molecule has 0 spiro atoms. The number of amides is 1. The first kappa shape index (κ1) is 11.9. The summed E-state index contributed by atoms with van der Waals surface area (Å²) in [7, 11) is 0. The van der Waals surface area contributed by atoms with Crippen LogP contribution in [0.3, 0.4) is 0 Å². The molecule has 92 valence electrons. The van der Waals surface area contributed by atoms with Crippen LogP contribution in [-0.4, -0.2) is 17.6 Å². The Hall–Kier alpha value is -1.55. The Labute approximate surface area is 101 Å². The van der Waals surface area contributed by atoms with Crippen molar-refractivity contribution in [3.8, 4) is 5.75 Å². The van der Waals surface area contributed by atoms with Crippen LogP contribution in [0.2, 0.25) is 0 Å². The number of carbonyl (C=O) groups is 1. The minimum atomic E-state index is -0.382. The molecule has 3 N–H and O–H groups in total. The van der Waals surface area contributed by atoms with E-state index in [-0.39, 0.29) is 23.6 Å². The third-order valence-corrected chi connectivity index (χ3v) is 3.14. The number of nitrogens with one attached hydrogen (secondary N) is 1. The topological polar surface area (TPSA) is 64.3 Å². The Balaban J connectivity index is 2.28. The Morgan fingerprint density at radius 2 is 2.12 bits per heavy atom. The highest BCUT2D eigenvalue weighted by atomic mass is 16.5. The first-order valence-corrected chi connectivity index (χ1v) is 5.75. The fraction of sp³-hybridized carbons (Fsp3) is 0.462. The summed E-state index contributed by atoms with van der Waals surface area (Å²) in [6, 6.07) is 7.45. The molecule has 0 aliphatic carbocycles. The smallest absolute Gasteiger partial charge is 0.234 e. The van der Waals surface area contributed by atoms with Crippen molar-refractivity contribution in [3.05, 3.63) is 29.8 Å². The molecule has 1 aromatic rings. The minimum Gasteiger partial charge on any atom is -0.486 e. The summed E-state index contributed by atoms with van der Waals surface area (Å²) in [5.74, 6) is 0.511. The van der Waals surface area contributed by atoms with Crippen LogP contribution in [0, 0.1) is 0 Å². The largest absolute Gasteiger partial charge is 0.486 e. The zero-order valence-electron chi connectivity index (χ0n) is 10.4. The number of nitrogens with two attached hydrogens (primary N) is 1. The van der Waals surface area contributed by atoms with Gasteiger partial charge in [-0.15, -0.1) is 0 Å². The van der Waals surface area contributed by atoms with Crippen LogP contribution in [0.4, 0.5) is 0 Å². The molecule has 0 saturated carbocycles. The van der Waals surface area contributed by atoms with Gasteiger partial charge < -0.3 is 10.5 Å². The SMILES string of the molecule is CC(NC1c2ccccc2OC1(C)C)C(N)=O. The van der Waals surface area contributed by atoms with E-state index in [1.165, 1.54) is 0 Å². The normalized spacial score (nSPS) is 22.6. The van der Waals surface area contributed by atoms with Gasteiger partial charge >= 0.3 is 0 Å². The van der Waals surface area contributed by atoms with E-state index in [4.69, 9.17) is 10.5 Å². The quantitative estimate of drug-likeness (QED) is 0.830. The molecule has 4 heteroatoms. The first-order valence-electron chi connectivity index (χ1n) is 5.75. The molecule has 1 aliphatic rings. The van der Waals surface area contributed by atoms with Gasteiger partial charge in [-0.3, -0.25) is 10.1 Å². The molecule has 2 unspecified atom stereocenters. The summed E-state index contributed by atoms with van der Waals surface area (Å²) in [6.45, 7) is 5.76. The Morgan fingerprint density at radius 3 is 2.76 bits per heavy atom. The van der Waals surface area contributed by atoms with Gasteiger partial charge in [0.25, 0.3) is 0 Å². The average molecular weight is 234 g/mol. The molecule has 1 aromatic carbocycles. The molecule has 0 radical (unpaired) electrons. The fourth-order valence-electron chi connectivity index (χ4n) is 2.15. The van der Waals surface area contributed by atoms with E-state index in [1.54, 1.807) is 6.92 Å². The van der Waals surface area contributed by atoms with Crippen LogP contribution in [0.5, 0.6) is 5.75 Å². The number of rotatable bonds is 3. The lowest BCUT2D eigenvalue weighted by Crippen LogP contribution is -2.47. The summed E-state index contributed by atoms with van der Waals surface area (Å²) in [5, 5.41) is 3.23. The van der Waals surface area contributed by atoms with Crippen LogP contribution in [0.25, 0.3) is 0 Å². The predicted molar refractivity (Wildman–Crippen MR) is 65.7 cm³/mol. The lowest BCUT2D eigenvalue weighted by atomic mass is 9.94. The molecular weight excluding hydrogens is 216 g/mol. The highest BCUT2D eigenvalue weighted by Gasteiger charge is 2.41. The maximum atomic E-state index is 11.1. The van der Waals surface area contributed by atoms with Crippen LogP contribution in [-0.2, 0) is 4.79 Å².